The van der Waals surface area contributed by atoms with Gasteiger partial charge in [0.1, 0.15) is 0 Å². The van der Waals surface area contributed by atoms with Crippen molar-refractivity contribution < 1.29 is 4.79 Å². The first-order valence-corrected chi connectivity index (χ1v) is 6.63. The summed E-state index contributed by atoms with van der Waals surface area (Å²) in [6, 6.07) is 8.47. The molecule has 1 saturated heterocycles. The van der Waals surface area contributed by atoms with Crippen molar-refractivity contribution in [3.8, 4) is 0 Å². The third-order valence-corrected chi connectivity index (χ3v) is 3.89. The summed E-state index contributed by atoms with van der Waals surface area (Å²) in [7, 11) is 0. The third-order valence-electron chi connectivity index (χ3n) is 3.89. The molecule has 4 nitrogen and oxygen atoms in total. The van der Waals surface area contributed by atoms with Gasteiger partial charge in [-0.3, -0.25) is 9.69 Å². The number of hydrogen-bond acceptors (Lipinski definition) is 3. The van der Waals surface area contributed by atoms with Crippen molar-refractivity contribution >= 4 is 11.6 Å². The van der Waals surface area contributed by atoms with Crippen LogP contribution in [0.4, 0.5) is 5.69 Å². The maximum absolute atomic E-state index is 11.0. The van der Waals surface area contributed by atoms with Crippen LogP contribution in [0.25, 0.3) is 0 Å². The fourth-order valence-electron chi connectivity index (χ4n) is 2.62. The van der Waals surface area contributed by atoms with Crippen LogP contribution in [-0.4, -0.2) is 43.0 Å². The van der Waals surface area contributed by atoms with E-state index in [9.17, 15) is 4.79 Å². The molecule has 1 aromatic carbocycles. The van der Waals surface area contributed by atoms with Gasteiger partial charge in [0.25, 0.3) is 0 Å². The SMILES string of the molecule is NC(=O)c1ccc(N2CCN(C3CC3)CC2)cc1. The van der Waals surface area contributed by atoms with Crippen molar-refractivity contribution in [2.24, 2.45) is 5.73 Å². The van der Waals surface area contributed by atoms with Crippen molar-refractivity contribution in [3.63, 3.8) is 0 Å². The molecule has 1 aliphatic carbocycles. The summed E-state index contributed by atoms with van der Waals surface area (Å²) < 4.78 is 0. The highest BCUT2D eigenvalue weighted by Crippen LogP contribution is 2.28. The number of carbonyl (C=O) groups excluding carboxylic acids is 1. The van der Waals surface area contributed by atoms with E-state index in [1.807, 2.05) is 24.3 Å². The quantitative estimate of drug-likeness (QED) is 0.866. The van der Waals surface area contributed by atoms with E-state index >= 15 is 0 Å². The van der Waals surface area contributed by atoms with Gasteiger partial charge >= 0.3 is 0 Å². The Hall–Kier alpha value is -1.55. The van der Waals surface area contributed by atoms with Crippen LogP contribution in [0.2, 0.25) is 0 Å². The standard InChI is InChI=1S/C14H19N3O/c15-14(18)11-1-3-12(4-2-11)16-7-9-17(10-8-16)13-5-6-13/h1-4,13H,5-10H2,(H2,15,18). The van der Waals surface area contributed by atoms with E-state index in [0.29, 0.717) is 5.56 Å². The second-order valence-electron chi connectivity index (χ2n) is 5.17. The number of nitrogens with two attached hydrogens (primary N) is 1. The van der Waals surface area contributed by atoms with Crippen molar-refractivity contribution in [1.29, 1.82) is 0 Å². The second kappa shape index (κ2) is 4.61. The molecule has 0 aromatic heterocycles. The van der Waals surface area contributed by atoms with E-state index in [-0.39, 0.29) is 5.91 Å². The number of carbonyl (C=O) groups is 1. The molecule has 96 valence electrons. The Kier molecular flexibility index (Phi) is 2.96. The minimum Gasteiger partial charge on any atom is -0.369 e. The first kappa shape index (κ1) is 11.5. The van der Waals surface area contributed by atoms with E-state index in [4.69, 9.17) is 5.73 Å². The maximum Gasteiger partial charge on any atom is 0.248 e. The van der Waals surface area contributed by atoms with Crippen molar-refractivity contribution in [2.75, 3.05) is 31.1 Å². The fraction of sp³-hybridized carbons (Fsp3) is 0.500. The molecular weight excluding hydrogens is 226 g/mol. The van der Waals surface area contributed by atoms with Gasteiger partial charge in [0, 0.05) is 43.5 Å². The highest BCUT2D eigenvalue weighted by molar-refractivity contribution is 5.93. The van der Waals surface area contributed by atoms with Gasteiger partial charge in [-0.05, 0) is 37.1 Å². The van der Waals surface area contributed by atoms with E-state index in [2.05, 4.69) is 9.80 Å². The van der Waals surface area contributed by atoms with Gasteiger partial charge < -0.3 is 10.6 Å². The van der Waals surface area contributed by atoms with Gasteiger partial charge in [0.05, 0.1) is 0 Å². The molecule has 1 amide bonds. The van der Waals surface area contributed by atoms with Crippen molar-refractivity contribution in [3.05, 3.63) is 29.8 Å². The molecular formula is C14H19N3O. The number of hydrogen-bond donors (Lipinski definition) is 1. The molecule has 0 unspecified atom stereocenters. The van der Waals surface area contributed by atoms with Crippen LogP contribution in [0.15, 0.2) is 24.3 Å². The number of amides is 1. The highest BCUT2D eigenvalue weighted by Gasteiger charge is 2.31. The number of anilines is 1. The smallest absolute Gasteiger partial charge is 0.248 e. The summed E-state index contributed by atoms with van der Waals surface area (Å²) in [5.41, 5.74) is 7.01. The highest BCUT2D eigenvalue weighted by atomic mass is 16.1. The number of piperazine rings is 1. The van der Waals surface area contributed by atoms with E-state index in [1.165, 1.54) is 18.5 Å². The number of nitrogens with zero attached hydrogens (tertiary/aromatic N) is 2. The lowest BCUT2D eigenvalue weighted by Crippen LogP contribution is -2.47. The monoisotopic (exact) mass is 245 g/mol. The molecule has 0 atom stereocenters. The second-order valence-corrected chi connectivity index (χ2v) is 5.17. The van der Waals surface area contributed by atoms with Gasteiger partial charge in [0.2, 0.25) is 5.91 Å². The third kappa shape index (κ3) is 2.34. The Morgan fingerprint density at radius 3 is 2.17 bits per heavy atom. The summed E-state index contributed by atoms with van der Waals surface area (Å²) in [5, 5.41) is 0. The Bertz CT molecular complexity index is 431. The predicted molar refractivity (Wildman–Crippen MR) is 71.8 cm³/mol. The van der Waals surface area contributed by atoms with Gasteiger partial charge in [-0.2, -0.15) is 0 Å². The summed E-state index contributed by atoms with van der Waals surface area (Å²) in [6.45, 7) is 4.46. The molecule has 2 N–H and O–H groups in total. The number of rotatable bonds is 3. The van der Waals surface area contributed by atoms with E-state index in [0.717, 1.165) is 32.2 Å². The minimum absolute atomic E-state index is 0.361. The summed E-state index contributed by atoms with van der Waals surface area (Å²) in [5.74, 6) is -0.361. The van der Waals surface area contributed by atoms with E-state index in [1.54, 1.807) is 0 Å². The Balaban J connectivity index is 1.62. The van der Waals surface area contributed by atoms with E-state index < -0.39 is 0 Å². The lowest BCUT2D eigenvalue weighted by molar-refractivity contribution is 0.100. The molecule has 0 spiro atoms. The lowest BCUT2D eigenvalue weighted by Gasteiger charge is -2.36. The average molecular weight is 245 g/mol. The molecule has 18 heavy (non-hydrogen) atoms. The summed E-state index contributed by atoms with van der Waals surface area (Å²) >= 11 is 0. The first-order chi connectivity index (χ1) is 8.74. The largest absolute Gasteiger partial charge is 0.369 e. The van der Waals surface area contributed by atoms with Crippen LogP contribution >= 0.6 is 0 Å². The fourth-order valence-corrected chi connectivity index (χ4v) is 2.62. The zero-order valence-electron chi connectivity index (χ0n) is 10.5. The topological polar surface area (TPSA) is 49.6 Å². The van der Waals surface area contributed by atoms with Gasteiger partial charge in [0.15, 0.2) is 0 Å². The van der Waals surface area contributed by atoms with Crippen LogP contribution in [0.1, 0.15) is 23.2 Å². The Morgan fingerprint density at radius 1 is 1.06 bits per heavy atom. The molecule has 2 fully saturated rings. The van der Waals surface area contributed by atoms with Crippen LogP contribution < -0.4 is 10.6 Å². The number of benzene rings is 1. The van der Waals surface area contributed by atoms with Crippen LogP contribution in [0, 0.1) is 0 Å². The molecule has 1 saturated carbocycles. The van der Waals surface area contributed by atoms with Crippen molar-refractivity contribution in [2.45, 2.75) is 18.9 Å². The van der Waals surface area contributed by atoms with Gasteiger partial charge in [-0.25, -0.2) is 0 Å². The average Bonchev–Trinajstić information content (AvgIpc) is 3.23. The lowest BCUT2D eigenvalue weighted by atomic mass is 10.1. The predicted octanol–water partition coefficient (Wildman–Crippen LogP) is 1.07. The normalized spacial score (nSPS) is 21.0. The minimum atomic E-state index is -0.361. The van der Waals surface area contributed by atoms with Crippen molar-refractivity contribution in [1.82, 2.24) is 4.90 Å². The molecule has 0 bridgehead atoms. The molecule has 1 aromatic rings. The van der Waals surface area contributed by atoms with Crippen LogP contribution in [0.5, 0.6) is 0 Å². The first-order valence-electron chi connectivity index (χ1n) is 6.63. The molecule has 2 aliphatic rings. The Labute approximate surface area is 107 Å². The summed E-state index contributed by atoms with van der Waals surface area (Å²) in [6.07, 6.45) is 2.76. The van der Waals surface area contributed by atoms with Gasteiger partial charge in [-0.15, -0.1) is 0 Å². The van der Waals surface area contributed by atoms with Crippen LogP contribution in [0.3, 0.4) is 0 Å². The van der Waals surface area contributed by atoms with Gasteiger partial charge in [-0.1, -0.05) is 0 Å². The zero-order valence-corrected chi connectivity index (χ0v) is 10.5. The molecule has 4 heteroatoms. The molecule has 3 rings (SSSR count). The molecule has 0 radical (unpaired) electrons. The maximum atomic E-state index is 11.0. The number of primary amides is 1. The summed E-state index contributed by atoms with van der Waals surface area (Å²) in [4.78, 5) is 16.0. The zero-order chi connectivity index (χ0) is 12.5. The molecule has 1 aliphatic heterocycles. The van der Waals surface area contributed by atoms with Crippen LogP contribution in [-0.2, 0) is 0 Å². The molecule has 1 heterocycles. The Morgan fingerprint density at radius 2 is 1.67 bits per heavy atom.